The second-order valence-electron chi connectivity index (χ2n) is 6.21. The van der Waals surface area contributed by atoms with Gasteiger partial charge in [0.05, 0.1) is 6.04 Å². The molecule has 0 spiro atoms. The van der Waals surface area contributed by atoms with Gasteiger partial charge < -0.3 is 10.6 Å². The van der Waals surface area contributed by atoms with Crippen LogP contribution in [0.25, 0.3) is 0 Å². The Morgan fingerprint density at radius 3 is 2.26 bits per heavy atom. The highest BCUT2D eigenvalue weighted by molar-refractivity contribution is 5.81. The van der Waals surface area contributed by atoms with E-state index in [1.165, 1.54) is 32.4 Å². The molecule has 0 aromatic carbocycles. The van der Waals surface area contributed by atoms with Gasteiger partial charge in [0.15, 0.2) is 0 Å². The van der Waals surface area contributed by atoms with E-state index in [0.717, 1.165) is 13.1 Å². The molecule has 0 radical (unpaired) electrons. The SMILES string of the molecule is CC(C)CNC(=O)C(C)NCC(C)N1CCCCC1. The number of nitrogens with one attached hydrogen (secondary N) is 2. The number of rotatable bonds is 7. The first kappa shape index (κ1) is 16.4. The van der Waals surface area contributed by atoms with E-state index in [1.54, 1.807) is 0 Å². The van der Waals surface area contributed by atoms with Gasteiger partial charge in [-0.1, -0.05) is 20.3 Å². The molecule has 2 unspecified atom stereocenters. The van der Waals surface area contributed by atoms with Crippen molar-refractivity contribution in [2.24, 2.45) is 5.92 Å². The van der Waals surface area contributed by atoms with Crippen LogP contribution in [0.3, 0.4) is 0 Å². The first-order chi connectivity index (χ1) is 9.00. The van der Waals surface area contributed by atoms with E-state index in [-0.39, 0.29) is 11.9 Å². The second kappa shape index (κ2) is 8.54. The molecule has 0 aromatic rings. The molecular formula is C15H31N3O. The summed E-state index contributed by atoms with van der Waals surface area (Å²) in [7, 11) is 0. The van der Waals surface area contributed by atoms with Crippen LogP contribution in [0.15, 0.2) is 0 Å². The predicted octanol–water partition coefficient (Wildman–Crippen LogP) is 1.61. The van der Waals surface area contributed by atoms with Gasteiger partial charge in [0.25, 0.3) is 0 Å². The van der Waals surface area contributed by atoms with Crippen LogP contribution in [-0.2, 0) is 4.79 Å². The van der Waals surface area contributed by atoms with Crippen molar-refractivity contribution in [2.75, 3.05) is 26.2 Å². The molecule has 1 saturated heterocycles. The van der Waals surface area contributed by atoms with Gasteiger partial charge in [-0.15, -0.1) is 0 Å². The number of carbonyl (C=O) groups excluding carboxylic acids is 1. The zero-order valence-electron chi connectivity index (χ0n) is 13.0. The van der Waals surface area contributed by atoms with Crippen LogP contribution in [0.2, 0.25) is 0 Å². The molecule has 4 nitrogen and oxygen atoms in total. The maximum Gasteiger partial charge on any atom is 0.236 e. The van der Waals surface area contributed by atoms with Crippen molar-refractivity contribution >= 4 is 5.91 Å². The quantitative estimate of drug-likeness (QED) is 0.738. The fraction of sp³-hybridized carbons (Fsp3) is 0.933. The maximum absolute atomic E-state index is 11.8. The molecular weight excluding hydrogens is 238 g/mol. The molecule has 1 fully saturated rings. The monoisotopic (exact) mass is 269 g/mol. The highest BCUT2D eigenvalue weighted by Crippen LogP contribution is 2.11. The first-order valence-corrected chi connectivity index (χ1v) is 7.76. The van der Waals surface area contributed by atoms with Crippen LogP contribution >= 0.6 is 0 Å². The topological polar surface area (TPSA) is 44.4 Å². The lowest BCUT2D eigenvalue weighted by Crippen LogP contribution is -2.49. The molecule has 0 aromatic heterocycles. The molecule has 0 aliphatic carbocycles. The minimum Gasteiger partial charge on any atom is -0.354 e. The second-order valence-corrected chi connectivity index (χ2v) is 6.21. The molecule has 19 heavy (non-hydrogen) atoms. The Morgan fingerprint density at radius 1 is 1.05 bits per heavy atom. The molecule has 1 heterocycles. The van der Waals surface area contributed by atoms with Crippen molar-refractivity contribution in [1.82, 2.24) is 15.5 Å². The highest BCUT2D eigenvalue weighted by atomic mass is 16.2. The largest absolute Gasteiger partial charge is 0.354 e. The molecule has 2 N–H and O–H groups in total. The van der Waals surface area contributed by atoms with Gasteiger partial charge in [-0.25, -0.2) is 0 Å². The Labute approximate surface area is 118 Å². The Bertz CT molecular complexity index is 262. The minimum atomic E-state index is -0.106. The van der Waals surface area contributed by atoms with E-state index in [4.69, 9.17) is 0 Å². The average molecular weight is 269 g/mol. The number of piperidine rings is 1. The molecule has 0 bridgehead atoms. The molecule has 1 aliphatic heterocycles. The van der Waals surface area contributed by atoms with Crippen molar-refractivity contribution < 1.29 is 4.79 Å². The summed E-state index contributed by atoms with van der Waals surface area (Å²) in [4.78, 5) is 14.4. The van der Waals surface area contributed by atoms with Crippen LogP contribution in [0.1, 0.15) is 47.0 Å². The van der Waals surface area contributed by atoms with Crippen molar-refractivity contribution in [3.05, 3.63) is 0 Å². The lowest BCUT2D eigenvalue weighted by atomic mass is 10.1. The fourth-order valence-electron chi connectivity index (χ4n) is 2.39. The summed E-state index contributed by atoms with van der Waals surface area (Å²) < 4.78 is 0. The van der Waals surface area contributed by atoms with Crippen molar-refractivity contribution in [3.63, 3.8) is 0 Å². The third-order valence-corrected chi connectivity index (χ3v) is 3.81. The number of hydrogen-bond acceptors (Lipinski definition) is 3. The molecule has 2 atom stereocenters. The number of amides is 1. The Balaban J connectivity index is 2.20. The van der Waals surface area contributed by atoms with E-state index in [1.807, 2.05) is 6.92 Å². The summed E-state index contributed by atoms with van der Waals surface area (Å²) in [5, 5.41) is 6.32. The standard InChI is InChI=1S/C15H31N3O/c1-12(2)10-17-15(19)14(4)16-11-13(3)18-8-6-5-7-9-18/h12-14,16H,5-11H2,1-4H3,(H,17,19). The Hall–Kier alpha value is -0.610. The van der Waals surface area contributed by atoms with Gasteiger partial charge in [-0.05, 0) is 45.7 Å². The summed E-state index contributed by atoms with van der Waals surface area (Å²) in [6.07, 6.45) is 3.99. The van der Waals surface area contributed by atoms with E-state index in [9.17, 15) is 4.79 Å². The van der Waals surface area contributed by atoms with E-state index < -0.39 is 0 Å². The summed E-state index contributed by atoms with van der Waals surface area (Å²) in [5.41, 5.74) is 0. The van der Waals surface area contributed by atoms with E-state index in [0.29, 0.717) is 12.0 Å². The predicted molar refractivity (Wildman–Crippen MR) is 80.2 cm³/mol. The zero-order valence-corrected chi connectivity index (χ0v) is 13.0. The highest BCUT2D eigenvalue weighted by Gasteiger charge is 2.18. The first-order valence-electron chi connectivity index (χ1n) is 7.76. The van der Waals surface area contributed by atoms with Crippen LogP contribution in [0, 0.1) is 5.92 Å². The molecule has 1 aliphatic rings. The Kier molecular flexibility index (Phi) is 7.39. The number of nitrogens with zero attached hydrogens (tertiary/aromatic N) is 1. The zero-order chi connectivity index (χ0) is 14.3. The van der Waals surface area contributed by atoms with Crippen LogP contribution in [-0.4, -0.2) is 49.1 Å². The van der Waals surface area contributed by atoms with Crippen LogP contribution in [0.5, 0.6) is 0 Å². The van der Waals surface area contributed by atoms with Gasteiger partial charge in [0.1, 0.15) is 0 Å². The van der Waals surface area contributed by atoms with Gasteiger partial charge >= 0.3 is 0 Å². The minimum absolute atomic E-state index is 0.106. The van der Waals surface area contributed by atoms with Gasteiger partial charge in [-0.2, -0.15) is 0 Å². The van der Waals surface area contributed by atoms with Gasteiger partial charge in [0.2, 0.25) is 5.91 Å². The molecule has 1 amide bonds. The van der Waals surface area contributed by atoms with Gasteiger partial charge in [-0.3, -0.25) is 9.69 Å². The average Bonchev–Trinajstić information content (AvgIpc) is 2.42. The van der Waals surface area contributed by atoms with Crippen molar-refractivity contribution in [2.45, 2.75) is 59.0 Å². The van der Waals surface area contributed by atoms with E-state index in [2.05, 4.69) is 36.3 Å². The molecule has 1 rings (SSSR count). The lowest BCUT2D eigenvalue weighted by Gasteiger charge is -2.33. The normalized spacial score (nSPS) is 20.3. The number of carbonyl (C=O) groups is 1. The fourth-order valence-corrected chi connectivity index (χ4v) is 2.39. The third-order valence-electron chi connectivity index (χ3n) is 3.81. The van der Waals surface area contributed by atoms with Crippen molar-refractivity contribution in [3.8, 4) is 0 Å². The molecule has 4 heteroatoms. The summed E-state index contributed by atoms with van der Waals surface area (Å²) >= 11 is 0. The van der Waals surface area contributed by atoms with Crippen LogP contribution < -0.4 is 10.6 Å². The number of hydrogen-bond donors (Lipinski definition) is 2. The molecule has 112 valence electrons. The summed E-state index contributed by atoms with van der Waals surface area (Å²) in [6, 6.07) is 0.409. The van der Waals surface area contributed by atoms with Crippen LogP contribution in [0.4, 0.5) is 0 Å². The smallest absolute Gasteiger partial charge is 0.236 e. The third kappa shape index (κ3) is 6.39. The van der Waals surface area contributed by atoms with Crippen molar-refractivity contribution in [1.29, 1.82) is 0 Å². The lowest BCUT2D eigenvalue weighted by molar-refractivity contribution is -0.122. The summed E-state index contributed by atoms with van der Waals surface area (Å²) in [6.45, 7) is 12.5. The molecule has 0 saturated carbocycles. The maximum atomic E-state index is 11.8. The van der Waals surface area contributed by atoms with E-state index >= 15 is 0 Å². The Morgan fingerprint density at radius 2 is 1.68 bits per heavy atom. The van der Waals surface area contributed by atoms with Gasteiger partial charge in [0, 0.05) is 19.1 Å². The number of likely N-dealkylation sites (tertiary alicyclic amines) is 1. The summed E-state index contributed by atoms with van der Waals surface area (Å²) in [5.74, 6) is 0.614.